The van der Waals surface area contributed by atoms with E-state index in [1.807, 2.05) is 12.4 Å². The van der Waals surface area contributed by atoms with Crippen molar-refractivity contribution in [2.45, 2.75) is 30.8 Å². The van der Waals surface area contributed by atoms with E-state index in [0.717, 1.165) is 12.4 Å². The van der Waals surface area contributed by atoms with Gasteiger partial charge in [-0.1, -0.05) is 6.07 Å². The topological polar surface area (TPSA) is 33.1 Å². The van der Waals surface area contributed by atoms with Crippen molar-refractivity contribution in [2.24, 2.45) is 7.05 Å². The SMILES string of the molecule is CN(C)C1(CNC(c2cccs2)c2nccn2C)CCC1. The molecule has 5 heteroatoms. The molecule has 114 valence electrons. The summed E-state index contributed by atoms with van der Waals surface area (Å²) in [6.07, 6.45) is 7.80. The van der Waals surface area contributed by atoms with Gasteiger partial charge in [-0.2, -0.15) is 0 Å². The standard InChI is InChI=1S/C16H24N4S/c1-19(2)16(7-5-8-16)12-18-14(13-6-4-11-21-13)15-17-9-10-20(15)3/h4,6,9-11,14,18H,5,7-8,12H2,1-3H3. The lowest BCUT2D eigenvalue weighted by Gasteiger charge is -2.48. The normalized spacial score (nSPS) is 18.7. The second-order valence-corrected chi connectivity index (χ2v) is 7.18. The molecule has 0 bridgehead atoms. The van der Waals surface area contributed by atoms with E-state index in [9.17, 15) is 0 Å². The minimum absolute atomic E-state index is 0.183. The van der Waals surface area contributed by atoms with Crippen molar-refractivity contribution in [3.8, 4) is 0 Å². The van der Waals surface area contributed by atoms with Crippen LogP contribution in [0.15, 0.2) is 29.9 Å². The summed E-state index contributed by atoms with van der Waals surface area (Å²) < 4.78 is 2.11. The minimum atomic E-state index is 0.183. The number of likely N-dealkylation sites (N-methyl/N-ethyl adjacent to an activating group) is 1. The van der Waals surface area contributed by atoms with Crippen LogP contribution in [0.1, 0.15) is 36.0 Å². The average molecular weight is 304 g/mol. The van der Waals surface area contributed by atoms with Gasteiger partial charge in [0.15, 0.2) is 0 Å². The van der Waals surface area contributed by atoms with Crippen molar-refractivity contribution < 1.29 is 0 Å². The molecule has 2 heterocycles. The molecule has 21 heavy (non-hydrogen) atoms. The van der Waals surface area contributed by atoms with E-state index in [1.165, 1.54) is 24.1 Å². The fourth-order valence-corrected chi connectivity index (χ4v) is 3.89. The van der Waals surface area contributed by atoms with Crippen molar-refractivity contribution in [1.29, 1.82) is 0 Å². The Morgan fingerprint density at radius 3 is 2.76 bits per heavy atom. The van der Waals surface area contributed by atoms with Crippen LogP contribution in [0.5, 0.6) is 0 Å². The van der Waals surface area contributed by atoms with Gasteiger partial charge in [-0.25, -0.2) is 4.98 Å². The third kappa shape index (κ3) is 2.78. The molecule has 0 radical (unpaired) electrons. The number of hydrogen-bond acceptors (Lipinski definition) is 4. The first kappa shape index (κ1) is 14.8. The molecular formula is C16H24N4S. The third-order valence-corrected chi connectivity index (χ3v) is 5.75. The number of aromatic nitrogens is 2. The molecule has 1 N–H and O–H groups in total. The Morgan fingerprint density at radius 1 is 1.48 bits per heavy atom. The Kier molecular flexibility index (Phi) is 4.15. The van der Waals surface area contributed by atoms with Crippen LogP contribution in [0.25, 0.3) is 0 Å². The third-order valence-electron chi connectivity index (χ3n) is 4.81. The molecule has 0 aliphatic heterocycles. The Bertz CT molecular complexity index is 569. The highest BCUT2D eigenvalue weighted by molar-refractivity contribution is 7.10. The van der Waals surface area contributed by atoms with Gasteiger partial charge in [0, 0.05) is 36.4 Å². The van der Waals surface area contributed by atoms with Gasteiger partial charge in [0.2, 0.25) is 0 Å². The average Bonchev–Trinajstić information content (AvgIpc) is 3.04. The summed E-state index contributed by atoms with van der Waals surface area (Å²) in [6, 6.07) is 4.49. The molecule has 1 fully saturated rings. The van der Waals surface area contributed by atoms with Crippen LogP contribution in [0.4, 0.5) is 0 Å². The maximum Gasteiger partial charge on any atom is 0.131 e. The zero-order valence-corrected chi connectivity index (χ0v) is 13.9. The Morgan fingerprint density at radius 2 is 2.29 bits per heavy atom. The summed E-state index contributed by atoms with van der Waals surface area (Å²) in [5, 5.41) is 5.91. The predicted octanol–water partition coefficient (Wildman–Crippen LogP) is 2.64. The molecule has 2 aromatic heterocycles. The fraction of sp³-hybridized carbons (Fsp3) is 0.562. The first-order valence-electron chi connectivity index (χ1n) is 7.54. The van der Waals surface area contributed by atoms with E-state index in [4.69, 9.17) is 0 Å². The zero-order chi connectivity index (χ0) is 14.9. The zero-order valence-electron chi connectivity index (χ0n) is 13.0. The number of imidazole rings is 1. The molecule has 1 aliphatic carbocycles. The second-order valence-electron chi connectivity index (χ2n) is 6.20. The molecule has 0 spiro atoms. The maximum atomic E-state index is 4.55. The van der Waals surface area contributed by atoms with Crippen LogP contribution < -0.4 is 5.32 Å². The van der Waals surface area contributed by atoms with Gasteiger partial charge in [0.25, 0.3) is 0 Å². The highest BCUT2D eigenvalue weighted by Crippen LogP contribution is 2.36. The molecule has 3 rings (SSSR count). The van der Waals surface area contributed by atoms with Gasteiger partial charge < -0.3 is 14.8 Å². The first-order chi connectivity index (χ1) is 10.1. The minimum Gasteiger partial charge on any atom is -0.336 e. The Hall–Kier alpha value is -1.17. The number of nitrogens with one attached hydrogen (secondary N) is 1. The summed E-state index contributed by atoms with van der Waals surface area (Å²) in [4.78, 5) is 8.27. The summed E-state index contributed by atoms with van der Waals surface area (Å²) in [7, 11) is 6.46. The van der Waals surface area contributed by atoms with Crippen LogP contribution in [-0.2, 0) is 7.05 Å². The van der Waals surface area contributed by atoms with Crippen LogP contribution in [-0.4, -0.2) is 40.6 Å². The summed E-state index contributed by atoms with van der Waals surface area (Å²) in [5.74, 6) is 1.09. The second kappa shape index (κ2) is 5.91. The van der Waals surface area contributed by atoms with Crippen molar-refractivity contribution >= 4 is 11.3 Å². The summed E-state index contributed by atoms with van der Waals surface area (Å²) in [5.41, 5.74) is 0.320. The lowest BCUT2D eigenvalue weighted by atomic mass is 9.75. The lowest BCUT2D eigenvalue weighted by molar-refractivity contribution is 0.0580. The molecular weight excluding hydrogens is 280 g/mol. The molecule has 2 aromatic rings. The smallest absolute Gasteiger partial charge is 0.131 e. The van der Waals surface area contributed by atoms with Crippen molar-refractivity contribution in [2.75, 3.05) is 20.6 Å². The lowest BCUT2D eigenvalue weighted by Crippen LogP contribution is -2.56. The van der Waals surface area contributed by atoms with E-state index in [1.54, 1.807) is 11.3 Å². The highest BCUT2D eigenvalue weighted by Gasteiger charge is 2.39. The monoisotopic (exact) mass is 304 g/mol. The summed E-state index contributed by atoms with van der Waals surface area (Å²) in [6.45, 7) is 1.01. The van der Waals surface area contributed by atoms with E-state index in [2.05, 4.69) is 58.4 Å². The quantitative estimate of drug-likeness (QED) is 0.890. The predicted molar refractivity (Wildman–Crippen MR) is 87.6 cm³/mol. The van der Waals surface area contributed by atoms with Gasteiger partial charge in [-0.15, -0.1) is 11.3 Å². The van der Waals surface area contributed by atoms with Crippen molar-refractivity contribution in [3.05, 3.63) is 40.6 Å². The number of nitrogens with zero attached hydrogens (tertiary/aromatic N) is 3. The Balaban J connectivity index is 1.79. The van der Waals surface area contributed by atoms with E-state index in [-0.39, 0.29) is 6.04 Å². The number of hydrogen-bond donors (Lipinski definition) is 1. The molecule has 1 atom stereocenters. The van der Waals surface area contributed by atoms with Gasteiger partial charge in [0.05, 0.1) is 0 Å². The van der Waals surface area contributed by atoms with Crippen LogP contribution in [0.3, 0.4) is 0 Å². The van der Waals surface area contributed by atoms with Crippen molar-refractivity contribution in [1.82, 2.24) is 19.8 Å². The van der Waals surface area contributed by atoms with Crippen molar-refractivity contribution in [3.63, 3.8) is 0 Å². The first-order valence-corrected chi connectivity index (χ1v) is 8.42. The molecule has 4 nitrogen and oxygen atoms in total. The van der Waals surface area contributed by atoms with E-state index < -0.39 is 0 Å². The van der Waals surface area contributed by atoms with E-state index in [0.29, 0.717) is 5.54 Å². The van der Waals surface area contributed by atoms with E-state index >= 15 is 0 Å². The van der Waals surface area contributed by atoms with Gasteiger partial charge in [-0.3, -0.25) is 0 Å². The van der Waals surface area contributed by atoms with Crippen LogP contribution >= 0.6 is 11.3 Å². The maximum absolute atomic E-state index is 4.55. The molecule has 1 aliphatic rings. The fourth-order valence-electron chi connectivity index (χ4n) is 3.09. The van der Waals surface area contributed by atoms with Gasteiger partial charge >= 0.3 is 0 Å². The molecule has 0 aromatic carbocycles. The molecule has 1 unspecified atom stereocenters. The van der Waals surface area contributed by atoms with Gasteiger partial charge in [0.1, 0.15) is 11.9 Å². The van der Waals surface area contributed by atoms with Gasteiger partial charge in [-0.05, 0) is 44.8 Å². The molecule has 1 saturated carbocycles. The Labute approximate surface area is 130 Å². The molecule has 0 saturated heterocycles. The largest absolute Gasteiger partial charge is 0.336 e. The number of rotatable bonds is 6. The van der Waals surface area contributed by atoms with Crippen LogP contribution in [0, 0.1) is 0 Å². The number of thiophene rings is 1. The van der Waals surface area contributed by atoms with Crippen LogP contribution in [0.2, 0.25) is 0 Å². The number of aryl methyl sites for hydroxylation is 1. The summed E-state index contributed by atoms with van der Waals surface area (Å²) >= 11 is 1.79. The molecule has 0 amide bonds. The highest BCUT2D eigenvalue weighted by atomic mass is 32.1.